The monoisotopic (exact) mass is 332 g/mol. The molecule has 2 aliphatic heterocycles. The van der Waals surface area contributed by atoms with Crippen LogP contribution in [0.1, 0.15) is 24.0 Å². The molecular formula is C17H21FN4O2. The highest BCUT2D eigenvalue weighted by Crippen LogP contribution is 2.31. The molecule has 1 aliphatic carbocycles. The van der Waals surface area contributed by atoms with Crippen LogP contribution in [0.5, 0.6) is 0 Å². The van der Waals surface area contributed by atoms with E-state index in [1.165, 1.54) is 4.90 Å². The van der Waals surface area contributed by atoms with Gasteiger partial charge in [-0.3, -0.25) is 9.69 Å². The number of carbonyl (C=O) groups excluding carboxylic acids is 2. The van der Waals surface area contributed by atoms with Crippen molar-refractivity contribution in [3.8, 4) is 0 Å². The number of nitrogens with one attached hydrogen (secondary N) is 2. The van der Waals surface area contributed by atoms with Gasteiger partial charge in [-0.15, -0.1) is 0 Å². The van der Waals surface area contributed by atoms with Gasteiger partial charge < -0.3 is 15.5 Å². The second-order valence-electron chi connectivity index (χ2n) is 6.82. The molecule has 3 aliphatic rings. The Kier molecular flexibility index (Phi) is 3.88. The lowest BCUT2D eigenvalue weighted by Crippen LogP contribution is -2.35. The Morgan fingerprint density at radius 2 is 2.21 bits per heavy atom. The number of urea groups is 1. The van der Waals surface area contributed by atoms with Gasteiger partial charge in [0, 0.05) is 13.1 Å². The highest BCUT2D eigenvalue weighted by molar-refractivity contribution is 5.94. The van der Waals surface area contributed by atoms with Crippen molar-refractivity contribution < 1.29 is 14.0 Å². The number of nitrogens with zero attached hydrogens (tertiary/aromatic N) is 2. The molecule has 0 spiro atoms. The zero-order chi connectivity index (χ0) is 16.7. The molecular weight excluding hydrogens is 311 g/mol. The van der Waals surface area contributed by atoms with Crippen LogP contribution in [0.2, 0.25) is 0 Å². The molecule has 24 heavy (non-hydrogen) atoms. The SMILES string of the molecule is O=C1CN(C(=O)Nc2ccc3c(c2F)CCNC3)CN1CC1CC1. The standard InChI is InChI=1S/C17H21FN4O2/c18-16-13-5-6-19-7-12(13)3-4-14(16)20-17(24)22-9-15(23)21(10-22)8-11-1-2-11/h3-4,11,19H,1-2,5-10H2,(H,20,24). The average molecular weight is 332 g/mol. The molecule has 2 N–H and O–H groups in total. The van der Waals surface area contributed by atoms with E-state index in [1.54, 1.807) is 11.0 Å². The largest absolute Gasteiger partial charge is 0.323 e. The lowest BCUT2D eigenvalue weighted by molar-refractivity contribution is -0.126. The number of carbonyl (C=O) groups is 2. The summed E-state index contributed by atoms with van der Waals surface area (Å²) < 4.78 is 14.6. The van der Waals surface area contributed by atoms with Gasteiger partial charge in [-0.1, -0.05) is 6.07 Å². The predicted octanol–water partition coefficient (Wildman–Crippen LogP) is 1.52. The lowest BCUT2D eigenvalue weighted by Gasteiger charge is -2.21. The average Bonchev–Trinajstić information content (AvgIpc) is 3.32. The molecule has 0 radical (unpaired) electrons. The van der Waals surface area contributed by atoms with Crippen molar-refractivity contribution in [1.29, 1.82) is 0 Å². The van der Waals surface area contributed by atoms with Gasteiger partial charge in [0.1, 0.15) is 12.4 Å². The van der Waals surface area contributed by atoms with Crippen LogP contribution in [0.3, 0.4) is 0 Å². The van der Waals surface area contributed by atoms with Gasteiger partial charge in [-0.2, -0.15) is 0 Å². The van der Waals surface area contributed by atoms with Crippen LogP contribution < -0.4 is 10.6 Å². The van der Waals surface area contributed by atoms with Crippen molar-refractivity contribution in [2.75, 3.05) is 31.6 Å². The molecule has 7 heteroatoms. The Hall–Kier alpha value is -2.15. The normalized spacial score (nSPS) is 20.3. The highest BCUT2D eigenvalue weighted by atomic mass is 19.1. The minimum atomic E-state index is -0.422. The van der Waals surface area contributed by atoms with E-state index in [0.29, 0.717) is 24.4 Å². The smallest absolute Gasteiger partial charge is 0.323 e. The number of amides is 3. The second kappa shape index (κ2) is 6.05. The quantitative estimate of drug-likeness (QED) is 0.882. The van der Waals surface area contributed by atoms with Crippen molar-refractivity contribution in [3.63, 3.8) is 0 Å². The van der Waals surface area contributed by atoms with Crippen molar-refractivity contribution in [2.45, 2.75) is 25.8 Å². The number of halogens is 1. The second-order valence-corrected chi connectivity index (χ2v) is 6.82. The van der Waals surface area contributed by atoms with Gasteiger partial charge in [-0.05, 0) is 48.9 Å². The maximum atomic E-state index is 14.6. The van der Waals surface area contributed by atoms with Gasteiger partial charge in [0.05, 0.1) is 12.4 Å². The minimum Gasteiger partial charge on any atom is -0.323 e. The first-order valence-electron chi connectivity index (χ1n) is 8.46. The molecule has 0 bridgehead atoms. The van der Waals surface area contributed by atoms with Gasteiger partial charge in [0.15, 0.2) is 0 Å². The lowest BCUT2D eigenvalue weighted by atomic mass is 9.99. The molecule has 1 saturated heterocycles. The number of fused-ring (bicyclic) bond motifs is 1. The van der Waals surface area contributed by atoms with Crippen LogP contribution in [0.4, 0.5) is 14.9 Å². The van der Waals surface area contributed by atoms with Gasteiger partial charge >= 0.3 is 6.03 Å². The van der Waals surface area contributed by atoms with Crippen molar-refractivity contribution in [1.82, 2.24) is 15.1 Å². The molecule has 6 nitrogen and oxygen atoms in total. The number of hydrogen-bond acceptors (Lipinski definition) is 3. The fourth-order valence-corrected chi connectivity index (χ4v) is 3.33. The molecule has 4 rings (SSSR count). The maximum absolute atomic E-state index is 14.6. The van der Waals surface area contributed by atoms with E-state index in [1.807, 2.05) is 6.07 Å². The van der Waals surface area contributed by atoms with E-state index in [0.717, 1.165) is 31.5 Å². The molecule has 0 aromatic heterocycles. The first kappa shape index (κ1) is 15.4. The fraction of sp³-hybridized carbons (Fsp3) is 0.529. The van der Waals surface area contributed by atoms with Crippen molar-refractivity contribution in [2.24, 2.45) is 5.92 Å². The number of benzene rings is 1. The molecule has 2 fully saturated rings. The third-order valence-electron chi connectivity index (χ3n) is 4.93. The van der Waals surface area contributed by atoms with Crippen LogP contribution in [-0.2, 0) is 17.8 Å². The Balaban J connectivity index is 1.43. The maximum Gasteiger partial charge on any atom is 0.323 e. The van der Waals surface area contributed by atoms with E-state index in [-0.39, 0.29) is 30.6 Å². The van der Waals surface area contributed by atoms with Crippen LogP contribution in [0, 0.1) is 11.7 Å². The van der Waals surface area contributed by atoms with E-state index in [4.69, 9.17) is 0 Å². The van der Waals surface area contributed by atoms with Crippen LogP contribution in [-0.4, -0.2) is 48.0 Å². The Morgan fingerprint density at radius 1 is 1.38 bits per heavy atom. The van der Waals surface area contributed by atoms with Gasteiger partial charge in [-0.25, -0.2) is 9.18 Å². The first-order valence-corrected chi connectivity index (χ1v) is 8.46. The van der Waals surface area contributed by atoms with Crippen LogP contribution >= 0.6 is 0 Å². The molecule has 0 unspecified atom stereocenters. The zero-order valence-corrected chi connectivity index (χ0v) is 13.5. The molecule has 1 aromatic rings. The number of anilines is 1. The van der Waals surface area contributed by atoms with Gasteiger partial charge in [0.2, 0.25) is 5.91 Å². The van der Waals surface area contributed by atoms with Crippen LogP contribution in [0.15, 0.2) is 12.1 Å². The van der Waals surface area contributed by atoms with Gasteiger partial charge in [0.25, 0.3) is 0 Å². The third kappa shape index (κ3) is 2.96. The fourth-order valence-electron chi connectivity index (χ4n) is 3.33. The van der Waals surface area contributed by atoms with Crippen molar-refractivity contribution in [3.05, 3.63) is 29.1 Å². The molecule has 128 valence electrons. The highest BCUT2D eigenvalue weighted by Gasteiger charge is 2.35. The summed E-state index contributed by atoms with van der Waals surface area (Å²) in [7, 11) is 0. The van der Waals surface area contributed by atoms with E-state index in [9.17, 15) is 14.0 Å². The molecule has 2 heterocycles. The summed E-state index contributed by atoms with van der Waals surface area (Å²) in [6.07, 6.45) is 2.93. The van der Waals surface area contributed by atoms with E-state index < -0.39 is 6.03 Å². The Bertz CT molecular complexity index is 689. The summed E-state index contributed by atoms with van der Waals surface area (Å²) in [5.41, 5.74) is 1.79. The van der Waals surface area contributed by atoms with Crippen LogP contribution in [0.25, 0.3) is 0 Å². The summed E-state index contributed by atoms with van der Waals surface area (Å²) >= 11 is 0. The molecule has 0 atom stereocenters. The van der Waals surface area contributed by atoms with E-state index in [2.05, 4.69) is 10.6 Å². The summed E-state index contributed by atoms with van der Waals surface area (Å²) in [5.74, 6) is 0.195. The number of hydrogen-bond donors (Lipinski definition) is 2. The minimum absolute atomic E-state index is 0.0333. The Morgan fingerprint density at radius 3 is 3.00 bits per heavy atom. The Labute approximate surface area is 140 Å². The summed E-state index contributed by atoms with van der Waals surface area (Å²) in [6.45, 7) is 2.46. The third-order valence-corrected chi connectivity index (χ3v) is 4.93. The topological polar surface area (TPSA) is 64.7 Å². The zero-order valence-electron chi connectivity index (χ0n) is 13.5. The summed E-state index contributed by atoms with van der Waals surface area (Å²) in [6, 6.07) is 3.02. The molecule has 3 amide bonds. The molecule has 1 saturated carbocycles. The summed E-state index contributed by atoms with van der Waals surface area (Å²) in [5, 5.41) is 5.82. The predicted molar refractivity (Wildman–Crippen MR) is 86.8 cm³/mol. The van der Waals surface area contributed by atoms with E-state index >= 15 is 0 Å². The number of rotatable bonds is 3. The first-order chi connectivity index (χ1) is 11.6. The summed E-state index contributed by atoms with van der Waals surface area (Å²) in [4.78, 5) is 27.5. The molecule has 1 aromatic carbocycles. The van der Waals surface area contributed by atoms with Crippen molar-refractivity contribution >= 4 is 17.6 Å².